The smallest absolute Gasteiger partial charge is 0.264 e. The predicted molar refractivity (Wildman–Crippen MR) is 122 cm³/mol. The van der Waals surface area contributed by atoms with Crippen molar-refractivity contribution >= 4 is 21.6 Å². The van der Waals surface area contributed by atoms with Crippen molar-refractivity contribution in [3.63, 3.8) is 0 Å². The van der Waals surface area contributed by atoms with Crippen LogP contribution < -0.4 is 19.1 Å². The molecule has 0 unspecified atom stereocenters. The molecular weight excluding hydrogens is 428 g/mol. The fourth-order valence-corrected chi connectivity index (χ4v) is 5.29. The monoisotopic (exact) mass is 452 g/mol. The molecule has 4 rings (SSSR count). The largest absolute Gasteiger partial charge is 0.454 e. The molecule has 3 aromatic rings. The van der Waals surface area contributed by atoms with Crippen molar-refractivity contribution in [1.82, 2.24) is 5.32 Å². The highest BCUT2D eigenvalue weighted by Crippen LogP contribution is 2.32. The SMILES string of the molecule is CCN(c1ccccc1)S(=O)(=O)c1cc(C(=O)NCc2ccc3c(c2)OCO3)ccc1C. The Morgan fingerprint density at radius 1 is 1.00 bits per heavy atom. The number of ether oxygens (including phenoxy) is 2. The van der Waals surface area contributed by atoms with Crippen molar-refractivity contribution in [3.05, 3.63) is 83.4 Å². The molecule has 0 saturated heterocycles. The van der Waals surface area contributed by atoms with E-state index in [0.29, 0.717) is 22.7 Å². The van der Waals surface area contributed by atoms with Crippen LogP contribution in [0, 0.1) is 6.92 Å². The van der Waals surface area contributed by atoms with Gasteiger partial charge in [-0.25, -0.2) is 8.42 Å². The van der Waals surface area contributed by atoms with E-state index in [2.05, 4.69) is 5.32 Å². The molecule has 1 heterocycles. The lowest BCUT2D eigenvalue weighted by Crippen LogP contribution is -2.31. The van der Waals surface area contributed by atoms with Gasteiger partial charge in [-0.1, -0.05) is 30.3 Å². The van der Waals surface area contributed by atoms with E-state index in [1.165, 1.54) is 10.4 Å². The summed E-state index contributed by atoms with van der Waals surface area (Å²) in [5, 5.41) is 2.84. The van der Waals surface area contributed by atoms with Crippen LogP contribution in [-0.2, 0) is 16.6 Å². The minimum absolute atomic E-state index is 0.110. The summed E-state index contributed by atoms with van der Waals surface area (Å²) in [4.78, 5) is 12.9. The summed E-state index contributed by atoms with van der Waals surface area (Å²) in [6, 6.07) is 19.1. The van der Waals surface area contributed by atoms with Crippen molar-refractivity contribution in [2.24, 2.45) is 0 Å². The van der Waals surface area contributed by atoms with Gasteiger partial charge in [0, 0.05) is 18.7 Å². The maximum atomic E-state index is 13.4. The molecule has 8 heteroatoms. The highest BCUT2D eigenvalue weighted by atomic mass is 32.2. The maximum Gasteiger partial charge on any atom is 0.264 e. The number of nitrogens with zero attached hydrogens (tertiary/aromatic N) is 1. The zero-order valence-corrected chi connectivity index (χ0v) is 18.7. The molecule has 166 valence electrons. The third kappa shape index (κ3) is 4.27. The first kappa shape index (κ1) is 21.7. The summed E-state index contributed by atoms with van der Waals surface area (Å²) >= 11 is 0. The topological polar surface area (TPSA) is 84.9 Å². The summed E-state index contributed by atoms with van der Waals surface area (Å²) in [5.41, 5.74) is 2.28. The van der Waals surface area contributed by atoms with Crippen LogP contribution in [0.1, 0.15) is 28.4 Å². The fourth-order valence-electron chi connectivity index (χ4n) is 3.56. The van der Waals surface area contributed by atoms with E-state index < -0.39 is 10.0 Å². The Bertz CT molecular complexity index is 1240. The first-order valence-electron chi connectivity index (χ1n) is 10.3. The maximum absolute atomic E-state index is 13.4. The van der Waals surface area contributed by atoms with Gasteiger partial charge in [0.15, 0.2) is 11.5 Å². The summed E-state index contributed by atoms with van der Waals surface area (Å²) in [7, 11) is -3.84. The van der Waals surface area contributed by atoms with Crippen molar-refractivity contribution in [1.29, 1.82) is 0 Å². The van der Waals surface area contributed by atoms with Gasteiger partial charge in [-0.3, -0.25) is 9.10 Å². The number of sulfonamides is 1. The lowest BCUT2D eigenvalue weighted by Gasteiger charge is -2.24. The van der Waals surface area contributed by atoms with Gasteiger partial charge in [-0.05, 0) is 61.4 Å². The van der Waals surface area contributed by atoms with Crippen LogP contribution in [0.15, 0.2) is 71.6 Å². The van der Waals surface area contributed by atoms with Gasteiger partial charge in [-0.15, -0.1) is 0 Å². The number of carbonyl (C=O) groups excluding carboxylic acids is 1. The van der Waals surface area contributed by atoms with Gasteiger partial charge >= 0.3 is 0 Å². The summed E-state index contributed by atoms with van der Waals surface area (Å²) in [6.45, 7) is 4.23. The standard InChI is InChI=1S/C24H24N2O5S/c1-3-26(20-7-5-4-6-8-20)32(28,29)23-14-19(11-9-17(23)2)24(27)25-15-18-10-12-21-22(13-18)31-16-30-21/h4-14H,3,15-16H2,1-2H3,(H,25,27). The Balaban J connectivity index is 1.56. The van der Waals surface area contributed by atoms with Gasteiger partial charge in [0.25, 0.3) is 15.9 Å². The first-order chi connectivity index (χ1) is 15.4. The van der Waals surface area contributed by atoms with E-state index >= 15 is 0 Å². The molecule has 0 bridgehead atoms. The van der Waals surface area contributed by atoms with Gasteiger partial charge in [-0.2, -0.15) is 0 Å². The van der Waals surface area contributed by atoms with Crippen molar-refractivity contribution in [2.75, 3.05) is 17.6 Å². The molecule has 1 aliphatic rings. The molecule has 0 saturated carbocycles. The van der Waals surface area contributed by atoms with Crippen LogP contribution in [-0.4, -0.2) is 27.7 Å². The second-order valence-electron chi connectivity index (χ2n) is 7.36. The van der Waals surface area contributed by atoms with Gasteiger partial charge < -0.3 is 14.8 Å². The number of hydrogen-bond donors (Lipinski definition) is 1. The molecule has 7 nitrogen and oxygen atoms in total. The van der Waals surface area contributed by atoms with Crippen LogP contribution in [0.2, 0.25) is 0 Å². The minimum Gasteiger partial charge on any atom is -0.454 e. The summed E-state index contributed by atoms with van der Waals surface area (Å²) < 4.78 is 38.8. The van der Waals surface area contributed by atoms with E-state index in [4.69, 9.17) is 9.47 Å². The van der Waals surface area contributed by atoms with Crippen molar-refractivity contribution in [3.8, 4) is 11.5 Å². The predicted octanol–water partition coefficient (Wildman–Crippen LogP) is 3.87. The molecular formula is C24H24N2O5S. The minimum atomic E-state index is -3.84. The summed E-state index contributed by atoms with van der Waals surface area (Å²) in [5.74, 6) is 0.954. The van der Waals surface area contributed by atoms with E-state index in [-0.39, 0.29) is 36.2 Å². The molecule has 0 atom stereocenters. The average molecular weight is 453 g/mol. The molecule has 1 amide bonds. The van der Waals surface area contributed by atoms with Crippen LogP contribution in [0.3, 0.4) is 0 Å². The van der Waals surface area contributed by atoms with E-state index in [9.17, 15) is 13.2 Å². The van der Waals surface area contributed by atoms with Crippen LogP contribution in [0.4, 0.5) is 5.69 Å². The number of nitrogens with one attached hydrogen (secondary N) is 1. The lowest BCUT2D eigenvalue weighted by atomic mass is 10.1. The molecule has 3 aromatic carbocycles. The Labute approximate surface area is 187 Å². The van der Waals surface area contributed by atoms with Gasteiger partial charge in [0.1, 0.15) is 0 Å². The van der Waals surface area contributed by atoms with Crippen molar-refractivity contribution in [2.45, 2.75) is 25.3 Å². The Hall–Kier alpha value is -3.52. The zero-order valence-electron chi connectivity index (χ0n) is 17.9. The quantitative estimate of drug-likeness (QED) is 0.588. The normalized spacial score (nSPS) is 12.4. The molecule has 1 N–H and O–H groups in total. The molecule has 32 heavy (non-hydrogen) atoms. The number of para-hydroxylation sites is 1. The third-order valence-corrected chi connectivity index (χ3v) is 7.28. The van der Waals surface area contributed by atoms with Crippen molar-refractivity contribution < 1.29 is 22.7 Å². The van der Waals surface area contributed by atoms with Gasteiger partial charge in [0.05, 0.1) is 10.6 Å². The highest BCUT2D eigenvalue weighted by molar-refractivity contribution is 7.92. The van der Waals surface area contributed by atoms with E-state index in [1.54, 1.807) is 56.3 Å². The number of hydrogen-bond acceptors (Lipinski definition) is 5. The number of benzene rings is 3. The Morgan fingerprint density at radius 3 is 2.50 bits per heavy atom. The Kier molecular flexibility index (Phi) is 6.05. The van der Waals surface area contributed by atoms with E-state index in [0.717, 1.165) is 5.56 Å². The first-order valence-corrected chi connectivity index (χ1v) is 11.7. The van der Waals surface area contributed by atoms with Crippen LogP contribution in [0.25, 0.3) is 0 Å². The fraction of sp³-hybridized carbons (Fsp3) is 0.208. The van der Waals surface area contributed by atoms with Crippen LogP contribution >= 0.6 is 0 Å². The molecule has 0 radical (unpaired) electrons. The molecule has 0 aromatic heterocycles. The second-order valence-corrected chi connectivity index (χ2v) is 9.19. The number of amides is 1. The third-order valence-electron chi connectivity index (χ3n) is 5.24. The number of rotatable bonds is 7. The number of carbonyl (C=O) groups is 1. The Morgan fingerprint density at radius 2 is 1.75 bits per heavy atom. The molecule has 0 fully saturated rings. The number of aryl methyl sites for hydroxylation is 1. The summed E-state index contributed by atoms with van der Waals surface area (Å²) in [6.07, 6.45) is 0. The number of anilines is 1. The number of fused-ring (bicyclic) bond motifs is 1. The second kappa shape index (κ2) is 8.92. The van der Waals surface area contributed by atoms with Gasteiger partial charge in [0.2, 0.25) is 6.79 Å². The van der Waals surface area contributed by atoms with Crippen LogP contribution in [0.5, 0.6) is 11.5 Å². The zero-order chi connectivity index (χ0) is 22.7. The highest BCUT2D eigenvalue weighted by Gasteiger charge is 2.26. The van der Waals surface area contributed by atoms with E-state index in [1.807, 2.05) is 18.2 Å². The molecule has 0 spiro atoms. The lowest BCUT2D eigenvalue weighted by molar-refractivity contribution is 0.0950. The molecule has 0 aliphatic carbocycles. The molecule has 1 aliphatic heterocycles. The average Bonchev–Trinajstić information content (AvgIpc) is 3.26.